The predicted molar refractivity (Wildman–Crippen MR) is 157 cm³/mol. The summed E-state index contributed by atoms with van der Waals surface area (Å²) in [5, 5.41) is 13.2. The molecule has 4 rings (SSSR count). The molecule has 0 amide bonds. The van der Waals surface area contributed by atoms with E-state index < -0.39 is 5.41 Å². The third-order valence-corrected chi connectivity index (χ3v) is 6.55. The fourth-order valence-corrected chi connectivity index (χ4v) is 3.97. The number of rotatable bonds is 4. The van der Waals surface area contributed by atoms with Gasteiger partial charge in [0, 0.05) is 48.6 Å². The fourth-order valence-electron chi connectivity index (χ4n) is 3.97. The Morgan fingerprint density at radius 2 is 1.54 bits per heavy atom. The molecule has 0 aliphatic carbocycles. The normalized spacial score (nSPS) is 12.1. The molecule has 0 fully saturated rings. The van der Waals surface area contributed by atoms with Gasteiger partial charge in [-0.25, -0.2) is 4.39 Å². The van der Waals surface area contributed by atoms with Crippen LogP contribution >= 0.6 is 0 Å². The minimum absolute atomic E-state index is 0. The van der Waals surface area contributed by atoms with E-state index in [9.17, 15) is 14.3 Å². The van der Waals surface area contributed by atoms with Gasteiger partial charge in [0.15, 0.2) is 5.78 Å². The molecule has 1 N–H and O–H groups in total. The van der Waals surface area contributed by atoms with Gasteiger partial charge in [0.25, 0.3) is 0 Å². The second-order valence-corrected chi connectivity index (χ2v) is 11.7. The maximum absolute atomic E-state index is 14.1. The maximum Gasteiger partial charge on any atom is 0.164 e. The smallest absolute Gasteiger partial charge is 0.164 e. The van der Waals surface area contributed by atoms with Crippen molar-refractivity contribution in [1.82, 2.24) is 4.98 Å². The van der Waals surface area contributed by atoms with Crippen LogP contribution in [-0.2, 0) is 37.7 Å². The summed E-state index contributed by atoms with van der Waals surface area (Å²) in [6.07, 6.45) is 5.06. The van der Waals surface area contributed by atoms with Crippen LogP contribution in [0.4, 0.5) is 4.39 Å². The van der Waals surface area contributed by atoms with Crippen molar-refractivity contribution in [3.05, 3.63) is 89.6 Å². The molecule has 3 nitrogen and oxygen atoms in total. The van der Waals surface area contributed by atoms with Crippen molar-refractivity contribution in [1.29, 1.82) is 0 Å². The van der Waals surface area contributed by atoms with Gasteiger partial charge >= 0.3 is 0 Å². The number of carbonyl (C=O) groups is 1. The number of ketones is 1. The third-order valence-electron chi connectivity index (χ3n) is 6.55. The van der Waals surface area contributed by atoms with Gasteiger partial charge in [0.1, 0.15) is 11.6 Å². The molecule has 209 valence electrons. The summed E-state index contributed by atoms with van der Waals surface area (Å²) in [4.78, 5) is 16.1. The van der Waals surface area contributed by atoms with Crippen LogP contribution in [0.5, 0.6) is 0 Å². The van der Waals surface area contributed by atoms with Gasteiger partial charge in [-0.3, -0.25) is 4.79 Å². The molecular formula is C34H39FIrNO2-. The Kier molecular flexibility index (Phi) is 10.8. The van der Waals surface area contributed by atoms with Crippen molar-refractivity contribution >= 4 is 27.3 Å². The monoisotopic (exact) mass is 705 g/mol. The van der Waals surface area contributed by atoms with Crippen LogP contribution in [0.1, 0.15) is 66.5 Å². The summed E-state index contributed by atoms with van der Waals surface area (Å²) in [7, 11) is 0. The Bertz CT molecular complexity index is 1470. The zero-order valence-electron chi connectivity index (χ0n) is 24.2. The maximum atomic E-state index is 14.1. The predicted octanol–water partition coefficient (Wildman–Crippen LogP) is 9.21. The van der Waals surface area contributed by atoms with Crippen LogP contribution in [0.2, 0.25) is 0 Å². The van der Waals surface area contributed by atoms with Gasteiger partial charge in [-0.05, 0) is 46.8 Å². The molecule has 0 spiro atoms. The van der Waals surface area contributed by atoms with E-state index in [1.165, 1.54) is 23.3 Å². The van der Waals surface area contributed by atoms with Crippen molar-refractivity contribution in [2.24, 2.45) is 10.8 Å². The number of allylic oxidation sites excluding steroid dienone is 2. The van der Waals surface area contributed by atoms with Gasteiger partial charge in [-0.15, -0.1) is 34.9 Å². The van der Waals surface area contributed by atoms with Crippen LogP contribution in [-0.4, -0.2) is 15.9 Å². The minimum atomic E-state index is -0.417. The van der Waals surface area contributed by atoms with E-state index in [0.29, 0.717) is 5.39 Å². The second-order valence-electron chi connectivity index (χ2n) is 11.7. The average Bonchev–Trinajstić information content (AvgIpc) is 2.87. The molecule has 0 aliphatic rings. The number of aryl methyl sites for hydroxylation is 2. The summed E-state index contributed by atoms with van der Waals surface area (Å²) < 4.78 is 14.1. The van der Waals surface area contributed by atoms with Crippen LogP contribution in [0.3, 0.4) is 0 Å². The summed E-state index contributed by atoms with van der Waals surface area (Å²) in [5.74, 6) is -0.0853. The van der Waals surface area contributed by atoms with Crippen LogP contribution in [0.15, 0.2) is 66.6 Å². The molecule has 0 saturated heterocycles. The number of benzene rings is 3. The summed E-state index contributed by atoms with van der Waals surface area (Å²) in [6.45, 7) is 15.4. The largest absolute Gasteiger partial charge is 0.512 e. The number of hydrogen-bond donors (Lipinski definition) is 1. The van der Waals surface area contributed by atoms with E-state index in [0.717, 1.165) is 40.3 Å². The molecule has 0 unspecified atom stereocenters. The molecular weight excluding hydrogens is 666 g/mol. The number of hydrogen-bond acceptors (Lipinski definition) is 3. The standard InChI is InChI=1S/C23H19FN.C11H20O2.Ir/c1-3-15-12-16(4-2)14-17(13-15)23-21-9-8-20-18(6-5-7-22(20)24)19(21)10-11-25-23;1-10(2,3)8(12)7-9(13)11(4,5)6;/h5-13H,3-4H2,1-2H3;7,12H,1-6H3;/q-1;;/b;8-7-;. The Balaban J connectivity index is 0.000000328. The van der Waals surface area contributed by atoms with Crippen molar-refractivity contribution in [2.75, 3.05) is 0 Å². The number of aliphatic hydroxyl groups excluding tert-OH is 1. The number of nitrogens with zero attached hydrogens (tertiary/aromatic N) is 1. The molecule has 5 heteroatoms. The zero-order valence-corrected chi connectivity index (χ0v) is 26.6. The van der Waals surface area contributed by atoms with Crippen LogP contribution in [0.25, 0.3) is 32.8 Å². The summed E-state index contributed by atoms with van der Waals surface area (Å²) >= 11 is 0. The number of aliphatic hydroxyl groups is 1. The Morgan fingerprint density at radius 3 is 2.13 bits per heavy atom. The molecule has 0 aliphatic heterocycles. The summed E-state index contributed by atoms with van der Waals surface area (Å²) in [5.41, 5.74) is 3.64. The molecule has 0 saturated carbocycles. The van der Waals surface area contributed by atoms with Crippen LogP contribution < -0.4 is 0 Å². The molecule has 1 radical (unpaired) electrons. The zero-order chi connectivity index (χ0) is 28.3. The number of fused-ring (bicyclic) bond motifs is 3. The quantitative estimate of drug-likeness (QED) is 0.0998. The fraction of sp³-hybridized carbons (Fsp3) is 0.353. The van der Waals surface area contributed by atoms with Crippen molar-refractivity contribution in [2.45, 2.75) is 68.2 Å². The first-order chi connectivity index (χ1) is 17.8. The average molecular weight is 705 g/mol. The first-order valence-corrected chi connectivity index (χ1v) is 13.2. The number of pyridine rings is 1. The van der Waals surface area contributed by atoms with Crippen molar-refractivity contribution in [3.63, 3.8) is 0 Å². The van der Waals surface area contributed by atoms with E-state index in [4.69, 9.17) is 0 Å². The second kappa shape index (κ2) is 13.0. The molecule has 39 heavy (non-hydrogen) atoms. The molecule has 1 heterocycles. The molecule has 0 atom stereocenters. The third kappa shape index (κ3) is 7.83. The molecule has 3 aromatic carbocycles. The SMILES string of the molecule is CC(C)(C)C(=O)/C=C(\O)C(C)(C)C.CCc1[c-]c(-c2nccc3c2ccc2c(F)cccc23)cc(CC)c1.[Ir]. The minimum Gasteiger partial charge on any atom is -0.512 e. The Morgan fingerprint density at radius 1 is 0.897 bits per heavy atom. The van der Waals surface area contributed by atoms with E-state index in [-0.39, 0.29) is 42.9 Å². The van der Waals surface area contributed by atoms with Gasteiger partial charge in [-0.2, -0.15) is 0 Å². The number of carbonyl (C=O) groups excluding carboxylic acids is 1. The van der Waals surface area contributed by atoms with E-state index in [1.54, 1.807) is 12.3 Å². The van der Waals surface area contributed by atoms with E-state index in [1.807, 2.05) is 65.8 Å². The first-order valence-electron chi connectivity index (χ1n) is 13.2. The van der Waals surface area contributed by atoms with Crippen molar-refractivity contribution in [3.8, 4) is 11.3 Å². The van der Waals surface area contributed by atoms with Gasteiger partial charge in [0.05, 0.1) is 0 Å². The van der Waals surface area contributed by atoms with Gasteiger partial charge < -0.3 is 10.1 Å². The van der Waals surface area contributed by atoms with E-state index in [2.05, 4.69) is 37.0 Å². The first kappa shape index (κ1) is 32.3. The Labute approximate surface area is 245 Å². The Hall–Kier alpha value is -2.88. The molecule has 0 bridgehead atoms. The van der Waals surface area contributed by atoms with Gasteiger partial charge in [0.2, 0.25) is 0 Å². The molecule has 4 aromatic rings. The van der Waals surface area contributed by atoms with Crippen LogP contribution in [0, 0.1) is 22.7 Å². The number of halogens is 1. The summed E-state index contributed by atoms with van der Waals surface area (Å²) in [6, 6.07) is 18.9. The topological polar surface area (TPSA) is 50.2 Å². The van der Waals surface area contributed by atoms with E-state index >= 15 is 0 Å². The van der Waals surface area contributed by atoms with Gasteiger partial charge in [-0.1, -0.05) is 79.7 Å². The molecule has 1 aromatic heterocycles. The van der Waals surface area contributed by atoms with Crippen molar-refractivity contribution < 1.29 is 34.4 Å². The number of aromatic nitrogens is 1.